The van der Waals surface area contributed by atoms with E-state index >= 15 is 0 Å². The molecule has 5 heteroatoms. The molecule has 0 radical (unpaired) electrons. The summed E-state index contributed by atoms with van der Waals surface area (Å²) in [6, 6.07) is 7.52. The highest BCUT2D eigenvalue weighted by Gasteiger charge is 2.14. The first-order valence-electron chi connectivity index (χ1n) is 4.93. The minimum atomic E-state index is -0.828. The fourth-order valence-electron chi connectivity index (χ4n) is 1.51. The van der Waals surface area contributed by atoms with E-state index in [-0.39, 0.29) is 5.88 Å². The summed E-state index contributed by atoms with van der Waals surface area (Å²) in [5, 5.41) is 1.73. The van der Waals surface area contributed by atoms with Gasteiger partial charge in [-0.15, -0.1) is 0 Å². The summed E-state index contributed by atoms with van der Waals surface area (Å²) in [5.41, 5.74) is 0. The third-order valence-corrected chi connectivity index (χ3v) is 2.27. The van der Waals surface area contributed by atoms with Crippen LogP contribution >= 0.6 is 0 Å². The summed E-state index contributed by atoms with van der Waals surface area (Å²) in [6.07, 6.45) is 0.780. The van der Waals surface area contributed by atoms with E-state index in [1.54, 1.807) is 6.20 Å². The standard InChI is InChI=1S/C12H11NO4/c1-15-10-9-6-4-3-5-8(9)7-13-11(10)17-12(14)16-2/h3-7H,1-2H3. The van der Waals surface area contributed by atoms with Gasteiger partial charge in [-0.05, 0) is 0 Å². The Bertz CT molecular complexity index is 553. The van der Waals surface area contributed by atoms with Gasteiger partial charge in [0.05, 0.1) is 14.2 Å². The lowest BCUT2D eigenvalue weighted by Crippen LogP contribution is -2.09. The number of aromatic nitrogens is 1. The molecule has 17 heavy (non-hydrogen) atoms. The van der Waals surface area contributed by atoms with E-state index in [4.69, 9.17) is 9.47 Å². The smallest absolute Gasteiger partial charge is 0.491 e. The van der Waals surface area contributed by atoms with Gasteiger partial charge in [0.15, 0.2) is 5.75 Å². The van der Waals surface area contributed by atoms with Crippen molar-refractivity contribution in [3.8, 4) is 11.6 Å². The van der Waals surface area contributed by atoms with Crippen LogP contribution in [0.2, 0.25) is 0 Å². The topological polar surface area (TPSA) is 57.7 Å². The Kier molecular flexibility index (Phi) is 3.09. The van der Waals surface area contributed by atoms with Crippen LogP contribution in [0.15, 0.2) is 30.5 Å². The van der Waals surface area contributed by atoms with E-state index in [9.17, 15) is 4.79 Å². The molecular weight excluding hydrogens is 222 g/mol. The molecular formula is C12H11NO4. The van der Waals surface area contributed by atoms with E-state index in [1.807, 2.05) is 24.3 Å². The van der Waals surface area contributed by atoms with Gasteiger partial charge in [-0.3, -0.25) is 0 Å². The number of methoxy groups -OCH3 is 2. The number of hydrogen-bond acceptors (Lipinski definition) is 5. The molecule has 0 N–H and O–H groups in total. The molecule has 0 aliphatic rings. The van der Waals surface area contributed by atoms with Gasteiger partial charge in [-0.2, -0.15) is 0 Å². The summed E-state index contributed by atoms with van der Waals surface area (Å²) in [7, 11) is 2.73. The van der Waals surface area contributed by atoms with Crippen molar-refractivity contribution in [1.29, 1.82) is 0 Å². The molecule has 0 bridgehead atoms. The van der Waals surface area contributed by atoms with Crippen molar-refractivity contribution in [2.45, 2.75) is 0 Å². The maximum Gasteiger partial charge on any atom is 0.515 e. The lowest BCUT2D eigenvalue weighted by atomic mass is 10.1. The first-order valence-corrected chi connectivity index (χ1v) is 4.93. The van der Waals surface area contributed by atoms with Gasteiger partial charge in [-0.1, -0.05) is 24.3 Å². The lowest BCUT2D eigenvalue weighted by Gasteiger charge is -2.09. The highest BCUT2D eigenvalue weighted by molar-refractivity contribution is 5.89. The number of fused-ring (bicyclic) bond motifs is 1. The van der Waals surface area contributed by atoms with Gasteiger partial charge in [0, 0.05) is 17.0 Å². The fourth-order valence-corrected chi connectivity index (χ4v) is 1.51. The molecule has 0 aliphatic carbocycles. The van der Waals surface area contributed by atoms with Crippen molar-refractivity contribution < 1.29 is 19.0 Å². The van der Waals surface area contributed by atoms with Gasteiger partial charge in [0.2, 0.25) is 0 Å². The Morgan fingerprint density at radius 3 is 2.71 bits per heavy atom. The Labute approximate surface area is 97.9 Å². The molecule has 0 fully saturated rings. The summed E-state index contributed by atoms with van der Waals surface area (Å²) < 4.78 is 14.5. The van der Waals surface area contributed by atoms with Crippen molar-refractivity contribution >= 4 is 16.9 Å². The predicted octanol–water partition coefficient (Wildman–Crippen LogP) is 2.39. The van der Waals surface area contributed by atoms with Crippen molar-refractivity contribution in [2.75, 3.05) is 14.2 Å². The normalized spacial score (nSPS) is 10.0. The van der Waals surface area contributed by atoms with Crippen LogP contribution in [-0.4, -0.2) is 25.4 Å². The summed E-state index contributed by atoms with van der Waals surface area (Å²) in [5.74, 6) is 0.506. The average Bonchev–Trinajstić information content (AvgIpc) is 2.38. The highest BCUT2D eigenvalue weighted by atomic mass is 16.7. The van der Waals surface area contributed by atoms with E-state index in [1.165, 1.54) is 14.2 Å². The number of hydrogen-bond donors (Lipinski definition) is 0. The minimum Gasteiger partial charge on any atom is -0.491 e. The van der Waals surface area contributed by atoms with E-state index in [2.05, 4.69) is 9.72 Å². The summed E-state index contributed by atoms with van der Waals surface area (Å²) in [4.78, 5) is 15.1. The molecule has 5 nitrogen and oxygen atoms in total. The Morgan fingerprint density at radius 1 is 1.24 bits per heavy atom. The first kappa shape index (κ1) is 11.2. The molecule has 0 aliphatic heterocycles. The van der Waals surface area contributed by atoms with E-state index < -0.39 is 6.16 Å². The second-order valence-corrected chi connectivity index (χ2v) is 3.24. The number of rotatable bonds is 2. The quantitative estimate of drug-likeness (QED) is 0.745. The van der Waals surface area contributed by atoms with Gasteiger partial charge < -0.3 is 14.2 Å². The molecule has 0 atom stereocenters. The van der Waals surface area contributed by atoms with Crippen LogP contribution in [0.4, 0.5) is 4.79 Å². The largest absolute Gasteiger partial charge is 0.515 e. The molecule has 0 spiro atoms. The molecule has 0 amide bonds. The summed E-state index contributed by atoms with van der Waals surface area (Å²) in [6.45, 7) is 0. The van der Waals surface area contributed by atoms with Crippen LogP contribution in [0.5, 0.6) is 11.6 Å². The van der Waals surface area contributed by atoms with Crippen molar-refractivity contribution in [3.63, 3.8) is 0 Å². The van der Waals surface area contributed by atoms with Crippen molar-refractivity contribution in [1.82, 2.24) is 4.98 Å². The molecule has 88 valence electrons. The van der Waals surface area contributed by atoms with Gasteiger partial charge in [-0.25, -0.2) is 9.78 Å². The lowest BCUT2D eigenvalue weighted by molar-refractivity contribution is 0.118. The molecule has 1 heterocycles. The number of benzene rings is 1. The minimum absolute atomic E-state index is 0.0954. The Morgan fingerprint density at radius 2 is 2.00 bits per heavy atom. The maximum atomic E-state index is 11.0. The number of carbonyl (C=O) groups excluding carboxylic acids is 1. The predicted molar refractivity (Wildman–Crippen MR) is 61.3 cm³/mol. The van der Waals surface area contributed by atoms with Gasteiger partial charge >= 0.3 is 6.16 Å². The van der Waals surface area contributed by atoms with Crippen LogP contribution in [0.25, 0.3) is 10.8 Å². The molecule has 1 aromatic heterocycles. The average molecular weight is 233 g/mol. The zero-order valence-corrected chi connectivity index (χ0v) is 9.47. The zero-order valence-electron chi connectivity index (χ0n) is 9.47. The van der Waals surface area contributed by atoms with Gasteiger partial charge in [0.25, 0.3) is 5.88 Å². The van der Waals surface area contributed by atoms with Crippen LogP contribution in [-0.2, 0) is 4.74 Å². The molecule has 0 saturated heterocycles. The van der Waals surface area contributed by atoms with Crippen LogP contribution in [0.3, 0.4) is 0 Å². The molecule has 0 saturated carbocycles. The number of carbonyl (C=O) groups is 1. The van der Waals surface area contributed by atoms with E-state index in [0.717, 1.165) is 10.8 Å². The monoisotopic (exact) mass is 233 g/mol. The molecule has 2 rings (SSSR count). The summed E-state index contributed by atoms with van der Waals surface area (Å²) >= 11 is 0. The number of ether oxygens (including phenoxy) is 3. The Hall–Kier alpha value is -2.30. The van der Waals surface area contributed by atoms with Gasteiger partial charge in [0.1, 0.15) is 0 Å². The highest BCUT2D eigenvalue weighted by Crippen LogP contribution is 2.33. The number of pyridine rings is 1. The fraction of sp³-hybridized carbons (Fsp3) is 0.167. The van der Waals surface area contributed by atoms with Crippen molar-refractivity contribution in [3.05, 3.63) is 30.5 Å². The third kappa shape index (κ3) is 2.13. The zero-order chi connectivity index (χ0) is 12.3. The maximum absolute atomic E-state index is 11.0. The van der Waals surface area contributed by atoms with Crippen LogP contribution < -0.4 is 9.47 Å². The van der Waals surface area contributed by atoms with Crippen LogP contribution in [0, 0.1) is 0 Å². The second-order valence-electron chi connectivity index (χ2n) is 3.24. The Balaban J connectivity index is 2.53. The molecule has 2 aromatic rings. The SMILES string of the molecule is COC(=O)Oc1ncc2ccccc2c1OC. The second kappa shape index (κ2) is 4.69. The van der Waals surface area contributed by atoms with Crippen LogP contribution in [0.1, 0.15) is 0 Å². The third-order valence-electron chi connectivity index (χ3n) is 2.27. The first-order chi connectivity index (χ1) is 8.26. The molecule has 1 aromatic carbocycles. The van der Waals surface area contributed by atoms with Crippen molar-refractivity contribution in [2.24, 2.45) is 0 Å². The number of nitrogens with zero attached hydrogens (tertiary/aromatic N) is 1. The molecule has 0 unspecified atom stereocenters. The van der Waals surface area contributed by atoms with E-state index in [0.29, 0.717) is 5.75 Å².